The number of aryl methyl sites for hydroxylation is 1. The Bertz CT molecular complexity index is 1260. The van der Waals surface area contributed by atoms with Gasteiger partial charge in [-0.05, 0) is 87.4 Å². The maximum absolute atomic E-state index is 13.7. The number of ether oxygens (including phenoxy) is 3. The van der Waals surface area contributed by atoms with Crippen LogP contribution in [-0.2, 0) is 28.9 Å². The van der Waals surface area contributed by atoms with Crippen molar-refractivity contribution >= 4 is 16.6 Å². The van der Waals surface area contributed by atoms with Gasteiger partial charge in [0.05, 0.1) is 19.8 Å². The van der Waals surface area contributed by atoms with Gasteiger partial charge < -0.3 is 29.0 Å². The lowest BCUT2D eigenvalue weighted by Gasteiger charge is -2.37. The van der Waals surface area contributed by atoms with E-state index in [0.29, 0.717) is 69.8 Å². The zero-order valence-corrected chi connectivity index (χ0v) is 23.9. The van der Waals surface area contributed by atoms with E-state index < -0.39 is 12.7 Å². The number of benzene rings is 2. The molecule has 2 atom stereocenters. The average Bonchev–Trinajstić information content (AvgIpc) is 3.28. The van der Waals surface area contributed by atoms with Crippen molar-refractivity contribution in [1.29, 1.82) is 0 Å². The molecular weight excluding hydrogens is 531 g/mol. The first-order valence-corrected chi connectivity index (χ1v) is 14.8. The lowest BCUT2D eigenvalue weighted by molar-refractivity contribution is -0.140. The third-order valence-electron chi connectivity index (χ3n) is 8.31. The van der Waals surface area contributed by atoms with E-state index >= 15 is 0 Å². The van der Waals surface area contributed by atoms with Crippen molar-refractivity contribution in [3.05, 3.63) is 59.8 Å². The lowest BCUT2D eigenvalue weighted by atomic mass is 9.79. The fraction of sp³-hybridized carbons (Fsp3) is 0.562. The van der Waals surface area contributed by atoms with E-state index in [0.717, 1.165) is 60.4 Å². The number of nitrogens with one attached hydrogen (secondary N) is 1. The highest BCUT2D eigenvalue weighted by atomic mass is 19.4. The number of alkyl halides is 3. The minimum absolute atomic E-state index is 0.449. The van der Waals surface area contributed by atoms with Gasteiger partial charge in [-0.25, -0.2) is 0 Å². The van der Waals surface area contributed by atoms with Gasteiger partial charge in [-0.2, -0.15) is 13.2 Å². The van der Waals surface area contributed by atoms with Crippen LogP contribution >= 0.6 is 0 Å². The number of halogens is 3. The van der Waals surface area contributed by atoms with Gasteiger partial charge in [-0.15, -0.1) is 0 Å². The SMILES string of the molecule is CN1CCC2Cc3cccc4c3cc(n4CC(F)(F)F)CCCNc3cccc(c3)OCCOCCOCCC2C1. The largest absolute Gasteiger partial charge is 0.491 e. The van der Waals surface area contributed by atoms with Crippen molar-refractivity contribution in [1.82, 2.24) is 9.47 Å². The van der Waals surface area contributed by atoms with E-state index in [1.807, 2.05) is 42.5 Å². The Kier molecular flexibility index (Phi) is 10.1. The molecule has 3 heterocycles. The molecule has 1 N–H and O–H groups in total. The fourth-order valence-corrected chi connectivity index (χ4v) is 6.27. The van der Waals surface area contributed by atoms with Crippen LogP contribution in [0.3, 0.4) is 0 Å². The summed E-state index contributed by atoms with van der Waals surface area (Å²) in [6, 6.07) is 15.6. The zero-order chi connectivity index (χ0) is 28.7. The summed E-state index contributed by atoms with van der Waals surface area (Å²) in [7, 11) is 2.16. The third kappa shape index (κ3) is 8.40. The van der Waals surface area contributed by atoms with Gasteiger partial charge in [-0.3, -0.25) is 0 Å². The molecule has 1 fully saturated rings. The monoisotopic (exact) mass is 573 g/mol. The second-order valence-electron chi connectivity index (χ2n) is 11.4. The van der Waals surface area contributed by atoms with E-state index in [9.17, 15) is 13.2 Å². The van der Waals surface area contributed by atoms with Crippen molar-refractivity contribution in [2.45, 2.75) is 44.8 Å². The number of likely N-dealkylation sites (tertiary alicyclic amines) is 1. The van der Waals surface area contributed by atoms with Crippen LogP contribution in [0.25, 0.3) is 10.9 Å². The van der Waals surface area contributed by atoms with Crippen LogP contribution in [0.15, 0.2) is 48.5 Å². The second-order valence-corrected chi connectivity index (χ2v) is 11.4. The Morgan fingerprint density at radius 2 is 1.73 bits per heavy atom. The van der Waals surface area contributed by atoms with Crippen LogP contribution in [0.1, 0.15) is 30.5 Å². The highest BCUT2D eigenvalue weighted by Gasteiger charge is 2.31. The Balaban J connectivity index is 1.39. The van der Waals surface area contributed by atoms with Crippen molar-refractivity contribution in [3.8, 4) is 5.75 Å². The molecule has 2 unspecified atom stereocenters. The van der Waals surface area contributed by atoms with Crippen LogP contribution in [0, 0.1) is 11.8 Å². The summed E-state index contributed by atoms with van der Waals surface area (Å²) in [6.07, 6.45) is -0.131. The number of piperidine rings is 1. The lowest BCUT2D eigenvalue weighted by Crippen LogP contribution is -2.39. The molecule has 3 aromatic rings. The number of anilines is 1. The van der Waals surface area contributed by atoms with Crippen LogP contribution in [-0.4, -0.2) is 75.4 Å². The highest BCUT2D eigenvalue weighted by molar-refractivity contribution is 5.85. The first kappa shape index (κ1) is 29.7. The fourth-order valence-electron chi connectivity index (χ4n) is 6.27. The first-order chi connectivity index (χ1) is 19.9. The van der Waals surface area contributed by atoms with Crippen molar-refractivity contribution < 1.29 is 27.4 Å². The third-order valence-corrected chi connectivity index (χ3v) is 8.31. The summed E-state index contributed by atoms with van der Waals surface area (Å²) in [5.74, 6) is 1.68. The quantitative estimate of drug-likeness (QED) is 0.377. The smallest absolute Gasteiger partial charge is 0.406 e. The molecule has 9 heteroatoms. The number of hydrogen-bond donors (Lipinski definition) is 1. The Labute approximate surface area is 240 Å². The van der Waals surface area contributed by atoms with Crippen LogP contribution < -0.4 is 10.1 Å². The summed E-state index contributed by atoms with van der Waals surface area (Å²) in [5, 5.41) is 4.35. The average molecular weight is 574 g/mol. The number of hydrogen-bond acceptors (Lipinski definition) is 5. The minimum Gasteiger partial charge on any atom is -0.491 e. The van der Waals surface area contributed by atoms with E-state index in [4.69, 9.17) is 14.2 Å². The van der Waals surface area contributed by atoms with Crippen LogP contribution in [0.2, 0.25) is 0 Å². The molecule has 1 saturated heterocycles. The van der Waals surface area contributed by atoms with Crippen LogP contribution in [0.5, 0.6) is 5.75 Å². The number of fused-ring (bicyclic) bond motifs is 4. The highest BCUT2D eigenvalue weighted by Crippen LogP contribution is 2.34. The van der Waals surface area contributed by atoms with Crippen molar-refractivity contribution in [2.75, 3.05) is 65.0 Å². The molecule has 0 saturated carbocycles. The number of nitrogens with zero attached hydrogens (tertiary/aromatic N) is 2. The Morgan fingerprint density at radius 1 is 0.927 bits per heavy atom. The molecular formula is C32H42F3N3O3. The summed E-state index contributed by atoms with van der Waals surface area (Å²) in [5.41, 5.74) is 3.47. The maximum Gasteiger partial charge on any atom is 0.406 e. The first-order valence-electron chi connectivity index (χ1n) is 14.8. The summed E-state index contributed by atoms with van der Waals surface area (Å²) >= 11 is 0. The predicted octanol–water partition coefficient (Wildman–Crippen LogP) is 6.17. The van der Waals surface area contributed by atoms with Gasteiger partial charge >= 0.3 is 6.18 Å². The summed E-state index contributed by atoms with van der Waals surface area (Å²) < 4.78 is 60.0. The van der Waals surface area contributed by atoms with Gasteiger partial charge in [0.25, 0.3) is 0 Å². The van der Waals surface area contributed by atoms with E-state index in [1.54, 1.807) is 0 Å². The number of rotatable bonds is 1. The van der Waals surface area contributed by atoms with Gasteiger partial charge in [0, 0.05) is 48.0 Å². The van der Waals surface area contributed by atoms with Gasteiger partial charge in [0.2, 0.25) is 0 Å². The molecule has 2 aromatic carbocycles. The maximum atomic E-state index is 13.7. The Morgan fingerprint density at radius 3 is 2.59 bits per heavy atom. The summed E-state index contributed by atoms with van der Waals surface area (Å²) in [6.45, 7) is 4.39. The molecule has 0 spiro atoms. The molecule has 1 aromatic heterocycles. The second kappa shape index (κ2) is 13.9. The topological polar surface area (TPSA) is 47.9 Å². The molecule has 41 heavy (non-hydrogen) atoms. The Hall–Kier alpha value is -2.75. The van der Waals surface area contributed by atoms with Crippen molar-refractivity contribution in [2.24, 2.45) is 11.8 Å². The van der Waals surface area contributed by atoms with Crippen LogP contribution in [0.4, 0.5) is 18.9 Å². The molecule has 2 aliphatic rings. The van der Waals surface area contributed by atoms with E-state index in [1.165, 1.54) is 4.57 Å². The minimum atomic E-state index is -4.29. The van der Waals surface area contributed by atoms with Gasteiger partial charge in [0.1, 0.15) is 18.9 Å². The van der Waals surface area contributed by atoms with Gasteiger partial charge in [-0.1, -0.05) is 18.2 Å². The van der Waals surface area contributed by atoms with Crippen molar-refractivity contribution in [3.63, 3.8) is 0 Å². The predicted molar refractivity (Wildman–Crippen MR) is 156 cm³/mol. The van der Waals surface area contributed by atoms with E-state index in [2.05, 4.69) is 23.3 Å². The molecule has 5 rings (SSSR count). The zero-order valence-electron chi connectivity index (χ0n) is 23.9. The molecule has 0 radical (unpaired) electrons. The molecule has 2 aliphatic heterocycles. The summed E-state index contributed by atoms with van der Waals surface area (Å²) in [4.78, 5) is 2.37. The number of aromatic nitrogens is 1. The molecule has 0 aliphatic carbocycles. The molecule has 224 valence electrons. The normalized spacial score (nSPS) is 22.5. The molecule has 0 amide bonds. The molecule has 4 bridgehead atoms. The molecule has 6 nitrogen and oxygen atoms in total. The standard InChI is InChI=1S/C32H42F3N3O3/c1-37-13-10-24-19-25-5-2-9-31-30(25)21-28(38(31)23-32(33,34)35)7-4-12-36-27-6-3-8-29(20-27)41-18-17-40-16-15-39-14-11-26(24)22-37/h2-3,5-6,8-9,20-21,24,26,36H,4,7,10-19,22-23H2,1H3. The van der Waals surface area contributed by atoms with Gasteiger partial charge in [0.15, 0.2) is 0 Å². The van der Waals surface area contributed by atoms with E-state index in [-0.39, 0.29) is 0 Å².